The lowest BCUT2D eigenvalue weighted by Crippen LogP contribution is -2.14. The van der Waals surface area contributed by atoms with Crippen LogP contribution in [-0.2, 0) is 11.2 Å². The van der Waals surface area contributed by atoms with Gasteiger partial charge in [-0.3, -0.25) is 15.2 Å². The Labute approximate surface area is 159 Å². The fraction of sp³-hybridized carbons (Fsp3) is 0.211. The molecule has 0 spiro atoms. The number of hydrogen-bond acceptors (Lipinski definition) is 5. The van der Waals surface area contributed by atoms with E-state index in [0.29, 0.717) is 22.9 Å². The molecule has 0 bridgehead atoms. The molecule has 1 aromatic heterocycles. The summed E-state index contributed by atoms with van der Waals surface area (Å²) in [4.78, 5) is 16.3. The first-order valence-electron chi connectivity index (χ1n) is 8.39. The molecule has 0 fully saturated rings. The fourth-order valence-electron chi connectivity index (χ4n) is 2.63. The molecule has 1 heterocycles. The van der Waals surface area contributed by atoms with Crippen molar-refractivity contribution >= 4 is 11.9 Å². The normalized spacial score (nSPS) is 10.6. The molecular formula is C19H18F2N4O3. The number of methoxy groups -OCH3 is 2. The molecule has 0 aliphatic rings. The smallest absolute Gasteiger partial charge is 0.249 e. The van der Waals surface area contributed by atoms with Gasteiger partial charge in [0.2, 0.25) is 11.9 Å². The summed E-state index contributed by atoms with van der Waals surface area (Å²) in [6, 6.07) is 8.75. The molecule has 0 unspecified atom stereocenters. The van der Waals surface area contributed by atoms with E-state index in [1.807, 2.05) is 0 Å². The first-order valence-corrected chi connectivity index (χ1v) is 8.39. The number of hydrogen-bond donors (Lipinski definition) is 2. The molecule has 3 aromatic rings. The predicted octanol–water partition coefficient (Wildman–Crippen LogP) is 3.34. The van der Waals surface area contributed by atoms with Crippen molar-refractivity contribution in [2.45, 2.75) is 12.8 Å². The van der Waals surface area contributed by atoms with Crippen molar-refractivity contribution in [3.63, 3.8) is 0 Å². The minimum atomic E-state index is -0.681. The molecule has 3 rings (SSSR count). The van der Waals surface area contributed by atoms with Gasteiger partial charge >= 0.3 is 0 Å². The van der Waals surface area contributed by atoms with Crippen LogP contribution in [0.1, 0.15) is 12.0 Å². The number of anilines is 1. The van der Waals surface area contributed by atoms with E-state index in [-0.39, 0.29) is 24.4 Å². The molecule has 0 aliphatic carbocycles. The Morgan fingerprint density at radius 3 is 2.57 bits per heavy atom. The number of halogens is 2. The van der Waals surface area contributed by atoms with E-state index < -0.39 is 17.5 Å². The molecule has 0 saturated carbocycles. The van der Waals surface area contributed by atoms with Crippen molar-refractivity contribution in [1.82, 2.24) is 15.2 Å². The molecule has 0 aliphatic heterocycles. The Morgan fingerprint density at radius 2 is 1.89 bits per heavy atom. The third-order valence-electron chi connectivity index (χ3n) is 4.06. The second-order valence-corrected chi connectivity index (χ2v) is 5.82. The maximum Gasteiger partial charge on any atom is 0.249 e. The van der Waals surface area contributed by atoms with Crippen molar-refractivity contribution in [3.8, 4) is 22.9 Å². The highest BCUT2D eigenvalue weighted by molar-refractivity contribution is 5.89. The molecule has 0 saturated heterocycles. The standard InChI is InChI=1S/C19H18F2N4O3/c1-27-11-6-7-13(16(10-11)28-2)18-23-19(25-24-18)22-17(26)9-8-12-14(20)4-3-5-15(12)21/h3-7,10H,8-9H2,1-2H3,(H2,22,23,24,25,26). The van der Waals surface area contributed by atoms with Crippen molar-refractivity contribution < 1.29 is 23.0 Å². The molecular weight excluding hydrogens is 370 g/mol. The highest BCUT2D eigenvalue weighted by atomic mass is 19.1. The number of H-pyrrole nitrogens is 1. The number of carbonyl (C=O) groups is 1. The molecule has 7 nitrogen and oxygen atoms in total. The van der Waals surface area contributed by atoms with Crippen molar-refractivity contribution in [2.24, 2.45) is 0 Å². The van der Waals surface area contributed by atoms with Gasteiger partial charge in [-0.2, -0.15) is 4.98 Å². The lowest BCUT2D eigenvalue weighted by atomic mass is 10.1. The second kappa shape index (κ2) is 8.47. The van der Waals surface area contributed by atoms with E-state index in [9.17, 15) is 13.6 Å². The summed E-state index contributed by atoms with van der Waals surface area (Å²) in [7, 11) is 3.06. The minimum absolute atomic E-state index is 0.0480. The average molecular weight is 388 g/mol. The van der Waals surface area contributed by atoms with Crippen LogP contribution >= 0.6 is 0 Å². The third kappa shape index (κ3) is 4.25. The first-order chi connectivity index (χ1) is 13.5. The molecule has 28 heavy (non-hydrogen) atoms. The Hall–Kier alpha value is -3.49. The van der Waals surface area contributed by atoms with Crippen LogP contribution in [0.5, 0.6) is 11.5 Å². The van der Waals surface area contributed by atoms with E-state index in [4.69, 9.17) is 9.47 Å². The first kappa shape index (κ1) is 19.3. The topological polar surface area (TPSA) is 89.1 Å². The van der Waals surface area contributed by atoms with E-state index in [1.54, 1.807) is 25.3 Å². The van der Waals surface area contributed by atoms with E-state index in [1.165, 1.54) is 13.2 Å². The van der Waals surface area contributed by atoms with Crippen LogP contribution in [0.25, 0.3) is 11.4 Å². The Morgan fingerprint density at radius 1 is 1.14 bits per heavy atom. The molecule has 1 amide bonds. The summed E-state index contributed by atoms with van der Waals surface area (Å²) in [5, 5.41) is 9.15. The number of amides is 1. The van der Waals surface area contributed by atoms with Crippen LogP contribution in [0.15, 0.2) is 36.4 Å². The van der Waals surface area contributed by atoms with Crippen molar-refractivity contribution in [3.05, 3.63) is 53.6 Å². The van der Waals surface area contributed by atoms with Crippen LogP contribution in [0.3, 0.4) is 0 Å². The Kier molecular flexibility index (Phi) is 5.83. The average Bonchev–Trinajstić information content (AvgIpc) is 3.15. The van der Waals surface area contributed by atoms with Gasteiger partial charge in [0.25, 0.3) is 0 Å². The van der Waals surface area contributed by atoms with E-state index >= 15 is 0 Å². The number of nitrogens with one attached hydrogen (secondary N) is 2. The third-order valence-corrected chi connectivity index (χ3v) is 4.06. The summed E-state index contributed by atoms with van der Waals surface area (Å²) >= 11 is 0. The lowest BCUT2D eigenvalue weighted by Gasteiger charge is -2.07. The summed E-state index contributed by atoms with van der Waals surface area (Å²) in [6.07, 6.45) is -0.193. The van der Waals surface area contributed by atoms with Crippen molar-refractivity contribution in [2.75, 3.05) is 19.5 Å². The highest BCUT2D eigenvalue weighted by Gasteiger charge is 2.15. The van der Waals surface area contributed by atoms with Gasteiger partial charge in [0, 0.05) is 18.1 Å². The number of ether oxygens (including phenoxy) is 2. The molecule has 146 valence electrons. The number of aromatic amines is 1. The SMILES string of the molecule is COc1ccc(-c2nc(NC(=O)CCc3c(F)cccc3F)n[nH]2)c(OC)c1. The maximum absolute atomic E-state index is 13.6. The number of benzene rings is 2. The number of rotatable bonds is 7. The molecule has 2 aromatic carbocycles. The number of carbonyl (C=O) groups excluding carboxylic acids is 1. The van der Waals surface area contributed by atoms with Gasteiger partial charge in [-0.05, 0) is 30.7 Å². The molecule has 0 radical (unpaired) electrons. The lowest BCUT2D eigenvalue weighted by molar-refractivity contribution is -0.116. The van der Waals surface area contributed by atoms with Gasteiger partial charge < -0.3 is 9.47 Å². The number of nitrogens with zero attached hydrogens (tertiary/aromatic N) is 2. The molecule has 2 N–H and O–H groups in total. The van der Waals surface area contributed by atoms with E-state index in [0.717, 1.165) is 12.1 Å². The minimum Gasteiger partial charge on any atom is -0.497 e. The zero-order chi connectivity index (χ0) is 20.1. The maximum atomic E-state index is 13.6. The van der Waals surface area contributed by atoms with Gasteiger partial charge in [0.1, 0.15) is 23.1 Å². The van der Waals surface area contributed by atoms with E-state index in [2.05, 4.69) is 20.5 Å². The molecule has 9 heteroatoms. The van der Waals surface area contributed by atoms with Crippen molar-refractivity contribution in [1.29, 1.82) is 0 Å². The fourth-order valence-corrected chi connectivity index (χ4v) is 2.63. The number of aromatic nitrogens is 3. The summed E-state index contributed by atoms with van der Waals surface area (Å²) in [5.74, 6) is -0.256. The van der Waals surface area contributed by atoms with Crippen LogP contribution in [0.2, 0.25) is 0 Å². The quantitative estimate of drug-likeness (QED) is 0.648. The van der Waals surface area contributed by atoms with Gasteiger partial charge in [0.15, 0.2) is 5.82 Å². The van der Waals surface area contributed by atoms with Crippen LogP contribution < -0.4 is 14.8 Å². The summed E-state index contributed by atoms with van der Waals surface area (Å²) in [5.41, 5.74) is 0.501. The van der Waals surface area contributed by atoms with Crippen LogP contribution in [0.4, 0.5) is 14.7 Å². The largest absolute Gasteiger partial charge is 0.497 e. The molecule has 0 atom stereocenters. The van der Waals surface area contributed by atoms with Gasteiger partial charge in [-0.1, -0.05) is 6.07 Å². The summed E-state index contributed by atoms with van der Waals surface area (Å²) < 4.78 is 37.7. The zero-order valence-electron chi connectivity index (χ0n) is 15.3. The monoisotopic (exact) mass is 388 g/mol. The second-order valence-electron chi connectivity index (χ2n) is 5.82. The van der Waals surface area contributed by atoms with Crippen LogP contribution in [-0.4, -0.2) is 35.3 Å². The Balaban J connectivity index is 1.67. The zero-order valence-corrected chi connectivity index (χ0v) is 15.3. The van der Waals surface area contributed by atoms with Gasteiger partial charge in [-0.25, -0.2) is 8.78 Å². The highest BCUT2D eigenvalue weighted by Crippen LogP contribution is 2.31. The van der Waals surface area contributed by atoms with Crippen LogP contribution in [0, 0.1) is 11.6 Å². The Bertz CT molecular complexity index is 971. The summed E-state index contributed by atoms with van der Waals surface area (Å²) in [6.45, 7) is 0. The van der Waals surface area contributed by atoms with Gasteiger partial charge in [-0.15, -0.1) is 5.10 Å². The van der Waals surface area contributed by atoms with Gasteiger partial charge in [0.05, 0.1) is 19.8 Å². The predicted molar refractivity (Wildman–Crippen MR) is 98.2 cm³/mol.